The number of hydrogen-bond acceptors (Lipinski definition) is 2. The molecule has 2 aromatic rings. The normalized spacial score (nSPS) is 10.7. The van der Waals surface area contributed by atoms with Crippen molar-refractivity contribution < 1.29 is 5.11 Å². The van der Waals surface area contributed by atoms with Gasteiger partial charge in [0.2, 0.25) is 0 Å². The van der Waals surface area contributed by atoms with Gasteiger partial charge in [0.1, 0.15) is 0 Å². The molecular formula is C13H15NO. The van der Waals surface area contributed by atoms with Crippen LogP contribution in [0.1, 0.15) is 12.0 Å². The number of anilines is 1. The average Bonchev–Trinajstić information content (AvgIpc) is 2.29. The van der Waals surface area contributed by atoms with E-state index in [2.05, 4.69) is 6.07 Å². The van der Waals surface area contributed by atoms with Crippen LogP contribution in [0.3, 0.4) is 0 Å². The second-order valence-corrected chi connectivity index (χ2v) is 3.69. The van der Waals surface area contributed by atoms with Crippen molar-refractivity contribution in [3.8, 4) is 0 Å². The van der Waals surface area contributed by atoms with Gasteiger partial charge in [-0.05, 0) is 29.9 Å². The van der Waals surface area contributed by atoms with E-state index < -0.39 is 0 Å². The molecule has 0 heterocycles. The molecule has 0 radical (unpaired) electrons. The summed E-state index contributed by atoms with van der Waals surface area (Å²) < 4.78 is 0. The van der Waals surface area contributed by atoms with Gasteiger partial charge in [-0.25, -0.2) is 0 Å². The highest BCUT2D eigenvalue weighted by atomic mass is 16.2. The van der Waals surface area contributed by atoms with Crippen LogP contribution in [0.15, 0.2) is 36.4 Å². The highest BCUT2D eigenvalue weighted by Crippen LogP contribution is 2.25. The van der Waals surface area contributed by atoms with Crippen molar-refractivity contribution in [3.63, 3.8) is 0 Å². The molecule has 2 rings (SSSR count). The highest BCUT2D eigenvalue weighted by molar-refractivity contribution is 5.95. The maximum Gasteiger partial charge on any atom is 0.0434 e. The summed E-state index contributed by atoms with van der Waals surface area (Å²) in [4.78, 5) is 0. The van der Waals surface area contributed by atoms with E-state index in [0.29, 0.717) is 0 Å². The molecular weight excluding hydrogens is 186 g/mol. The topological polar surface area (TPSA) is 46.2 Å². The van der Waals surface area contributed by atoms with Crippen molar-refractivity contribution in [2.45, 2.75) is 12.8 Å². The first-order valence-corrected chi connectivity index (χ1v) is 5.20. The van der Waals surface area contributed by atoms with E-state index in [-0.39, 0.29) is 6.61 Å². The summed E-state index contributed by atoms with van der Waals surface area (Å²) in [6.45, 7) is 0.235. The van der Waals surface area contributed by atoms with Gasteiger partial charge in [-0.2, -0.15) is 0 Å². The molecule has 0 atom stereocenters. The van der Waals surface area contributed by atoms with E-state index >= 15 is 0 Å². The first-order chi connectivity index (χ1) is 7.33. The molecule has 2 nitrogen and oxygen atoms in total. The third kappa shape index (κ3) is 1.95. The van der Waals surface area contributed by atoms with E-state index in [0.717, 1.165) is 23.9 Å². The Labute approximate surface area is 89.3 Å². The lowest BCUT2D eigenvalue weighted by Gasteiger charge is -2.07. The summed E-state index contributed by atoms with van der Waals surface area (Å²) >= 11 is 0. The van der Waals surface area contributed by atoms with Gasteiger partial charge in [0.15, 0.2) is 0 Å². The van der Waals surface area contributed by atoms with Crippen LogP contribution in [0.2, 0.25) is 0 Å². The van der Waals surface area contributed by atoms with Crippen molar-refractivity contribution in [2.75, 3.05) is 12.3 Å². The number of fused-ring (bicyclic) bond motifs is 1. The minimum atomic E-state index is 0.235. The van der Waals surface area contributed by atoms with Gasteiger partial charge in [-0.15, -0.1) is 0 Å². The fourth-order valence-corrected chi connectivity index (χ4v) is 1.87. The summed E-state index contributed by atoms with van der Waals surface area (Å²) in [5.74, 6) is 0. The van der Waals surface area contributed by atoms with E-state index in [1.165, 1.54) is 10.9 Å². The molecule has 3 N–H and O–H groups in total. The molecule has 2 heteroatoms. The Balaban J connectivity index is 2.51. The monoisotopic (exact) mass is 201 g/mol. The summed E-state index contributed by atoms with van der Waals surface area (Å²) in [6.07, 6.45) is 1.70. The minimum absolute atomic E-state index is 0.235. The van der Waals surface area contributed by atoms with Crippen LogP contribution in [0, 0.1) is 0 Å². The smallest absolute Gasteiger partial charge is 0.0434 e. The zero-order valence-corrected chi connectivity index (χ0v) is 8.61. The summed E-state index contributed by atoms with van der Waals surface area (Å²) in [5, 5.41) is 11.1. The van der Waals surface area contributed by atoms with Gasteiger partial charge < -0.3 is 10.8 Å². The Hall–Kier alpha value is -1.54. The number of benzene rings is 2. The molecule has 0 aliphatic rings. The number of nitrogen functional groups attached to an aromatic ring is 1. The minimum Gasteiger partial charge on any atom is -0.398 e. The standard InChI is InChI=1S/C13H15NO/c14-13-8-7-10(4-3-9-15)11-5-1-2-6-12(11)13/h1-2,5-8,15H,3-4,9,14H2. The highest BCUT2D eigenvalue weighted by Gasteiger charge is 2.02. The Morgan fingerprint density at radius 1 is 1.00 bits per heavy atom. The maximum atomic E-state index is 8.83. The number of aliphatic hydroxyl groups excluding tert-OH is 1. The number of rotatable bonds is 3. The number of hydrogen-bond donors (Lipinski definition) is 2. The van der Waals surface area contributed by atoms with Crippen molar-refractivity contribution in [1.29, 1.82) is 0 Å². The molecule has 0 spiro atoms. The first-order valence-electron chi connectivity index (χ1n) is 5.20. The number of aliphatic hydroxyl groups is 1. The Morgan fingerprint density at radius 3 is 2.47 bits per heavy atom. The van der Waals surface area contributed by atoms with Crippen LogP contribution in [0.25, 0.3) is 10.8 Å². The number of aryl methyl sites for hydroxylation is 1. The molecule has 0 amide bonds. The SMILES string of the molecule is Nc1ccc(CCCO)c2ccccc12. The zero-order valence-electron chi connectivity index (χ0n) is 8.61. The molecule has 0 bridgehead atoms. The molecule has 0 unspecified atom stereocenters. The lowest BCUT2D eigenvalue weighted by Crippen LogP contribution is -1.93. The third-order valence-corrected chi connectivity index (χ3v) is 2.65. The maximum absolute atomic E-state index is 8.83. The van der Waals surface area contributed by atoms with Gasteiger partial charge in [0, 0.05) is 17.7 Å². The molecule has 0 aliphatic heterocycles. The Morgan fingerprint density at radius 2 is 1.73 bits per heavy atom. The fourth-order valence-electron chi connectivity index (χ4n) is 1.87. The van der Waals surface area contributed by atoms with Crippen LogP contribution in [0.4, 0.5) is 5.69 Å². The van der Waals surface area contributed by atoms with Crippen LogP contribution >= 0.6 is 0 Å². The van der Waals surface area contributed by atoms with Crippen molar-refractivity contribution in [3.05, 3.63) is 42.0 Å². The molecule has 78 valence electrons. The predicted molar refractivity (Wildman–Crippen MR) is 63.8 cm³/mol. The van der Waals surface area contributed by atoms with E-state index in [1.807, 2.05) is 30.3 Å². The van der Waals surface area contributed by atoms with Crippen molar-refractivity contribution in [1.82, 2.24) is 0 Å². The van der Waals surface area contributed by atoms with Crippen LogP contribution in [-0.4, -0.2) is 11.7 Å². The quantitative estimate of drug-likeness (QED) is 0.749. The first kappa shape index (κ1) is 9.99. The van der Waals surface area contributed by atoms with Gasteiger partial charge in [-0.1, -0.05) is 30.3 Å². The van der Waals surface area contributed by atoms with Gasteiger partial charge in [0.25, 0.3) is 0 Å². The van der Waals surface area contributed by atoms with Crippen LogP contribution < -0.4 is 5.73 Å². The number of nitrogens with two attached hydrogens (primary N) is 1. The second kappa shape index (κ2) is 4.32. The molecule has 0 fully saturated rings. The molecule has 0 aliphatic carbocycles. The van der Waals surface area contributed by atoms with Gasteiger partial charge in [-0.3, -0.25) is 0 Å². The lowest BCUT2D eigenvalue weighted by molar-refractivity contribution is 0.289. The second-order valence-electron chi connectivity index (χ2n) is 3.69. The predicted octanol–water partition coefficient (Wildman–Crippen LogP) is 2.35. The molecule has 0 aromatic heterocycles. The van der Waals surface area contributed by atoms with Crippen LogP contribution in [-0.2, 0) is 6.42 Å². The molecule has 2 aromatic carbocycles. The van der Waals surface area contributed by atoms with E-state index in [9.17, 15) is 0 Å². The third-order valence-electron chi connectivity index (χ3n) is 2.65. The van der Waals surface area contributed by atoms with Crippen molar-refractivity contribution in [2.24, 2.45) is 0 Å². The Kier molecular flexibility index (Phi) is 2.88. The van der Waals surface area contributed by atoms with E-state index in [4.69, 9.17) is 10.8 Å². The van der Waals surface area contributed by atoms with Crippen LogP contribution in [0.5, 0.6) is 0 Å². The fraction of sp³-hybridized carbons (Fsp3) is 0.231. The largest absolute Gasteiger partial charge is 0.398 e. The van der Waals surface area contributed by atoms with Gasteiger partial charge >= 0.3 is 0 Å². The van der Waals surface area contributed by atoms with Crippen molar-refractivity contribution >= 4 is 16.5 Å². The molecule has 0 saturated heterocycles. The lowest BCUT2D eigenvalue weighted by atomic mass is 10.00. The zero-order chi connectivity index (χ0) is 10.7. The van der Waals surface area contributed by atoms with E-state index in [1.54, 1.807) is 0 Å². The molecule has 15 heavy (non-hydrogen) atoms. The average molecular weight is 201 g/mol. The summed E-state index contributed by atoms with van der Waals surface area (Å²) in [7, 11) is 0. The molecule has 0 saturated carbocycles. The Bertz CT molecular complexity index is 465. The summed E-state index contributed by atoms with van der Waals surface area (Å²) in [6, 6.07) is 12.1. The van der Waals surface area contributed by atoms with Gasteiger partial charge in [0.05, 0.1) is 0 Å². The summed E-state index contributed by atoms with van der Waals surface area (Å²) in [5.41, 5.74) is 7.98.